The molecule has 0 unspecified atom stereocenters. The van der Waals surface area contributed by atoms with Gasteiger partial charge in [0.25, 0.3) is 0 Å². The van der Waals surface area contributed by atoms with Gasteiger partial charge in [0.05, 0.1) is 12.0 Å². The Labute approximate surface area is 197 Å². The Kier molecular flexibility index (Phi) is 6.21. The fourth-order valence-corrected chi connectivity index (χ4v) is 4.58. The number of aromatic nitrogens is 2. The Morgan fingerprint density at radius 3 is 2.43 bits per heavy atom. The highest BCUT2D eigenvalue weighted by atomic mass is 32.2. The molecule has 11 nitrogen and oxygen atoms in total. The largest absolute Gasteiger partial charge is 0.493 e. The molecule has 0 aliphatic rings. The first-order valence-electron chi connectivity index (χ1n) is 9.99. The van der Waals surface area contributed by atoms with Crippen molar-refractivity contribution < 1.29 is 22.3 Å². The van der Waals surface area contributed by atoms with Crippen molar-refractivity contribution in [2.75, 3.05) is 7.11 Å². The van der Waals surface area contributed by atoms with Crippen LogP contribution in [0, 0.1) is 10.1 Å². The van der Waals surface area contributed by atoms with Gasteiger partial charge in [0.2, 0.25) is 0 Å². The van der Waals surface area contributed by atoms with Gasteiger partial charge in [-0.2, -0.15) is 8.42 Å². The third-order valence-electron chi connectivity index (χ3n) is 4.98. The molecular weight excluding hydrogens is 478 g/mol. The molecule has 35 heavy (non-hydrogen) atoms. The molecule has 0 radical (unpaired) electrons. The molecule has 4 rings (SSSR count). The first-order valence-corrected chi connectivity index (χ1v) is 11.4. The van der Waals surface area contributed by atoms with E-state index in [-0.39, 0.29) is 22.1 Å². The second-order valence-corrected chi connectivity index (χ2v) is 8.70. The fourth-order valence-electron chi connectivity index (χ4n) is 3.41. The van der Waals surface area contributed by atoms with Crippen molar-refractivity contribution in [1.29, 1.82) is 0 Å². The monoisotopic (exact) mass is 495 g/mol. The number of fused-ring (bicyclic) bond motifs is 1. The van der Waals surface area contributed by atoms with Gasteiger partial charge in [-0.1, -0.05) is 48.5 Å². The van der Waals surface area contributed by atoms with Gasteiger partial charge in [0.1, 0.15) is 10.6 Å². The predicted molar refractivity (Wildman–Crippen MR) is 128 cm³/mol. The smallest absolute Gasteiger partial charge is 0.357 e. The summed E-state index contributed by atoms with van der Waals surface area (Å²) < 4.78 is 36.7. The van der Waals surface area contributed by atoms with Gasteiger partial charge < -0.3 is 13.9 Å². The Morgan fingerprint density at radius 1 is 0.943 bits per heavy atom. The zero-order valence-electron chi connectivity index (χ0n) is 18.0. The summed E-state index contributed by atoms with van der Waals surface area (Å²) in [7, 11) is -2.90. The third-order valence-corrected chi connectivity index (χ3v) is 6.27. The van der Waals surface area contributed by atoms with Gasteiger partial charge in [-0.05, 0) is 35.2 Å². The van der Waals surface area contributed by atoms with Crippen LogP contribution in [-0.2, 0) is 10.1 Å². The summed E-state index contributed by atoms with van der Waals surface area (Å²) in [6, 6.07) is 16.1. The van der Waals surface area contributed by atoms with Crippen LogP contribution >= 0.6 is 0 Å². The van der Waals surface area contributed by atoms with Crippen LogP contribution < -0.4 is 20.2 Å². The van der Waals surface area contributed by atoms with Crippen LogP contribution in [0.1, 0.15) is 11.3 Å². The maximum absolute atomic E-state index is 13.0. The lowest BCUT2D eigenvalue weighted by Gasteiger charge is -2.13. The summed E-state index contributed by atoms with van der Waals surface area (Å²) in [5.41, 5.74) is -2.75. The van der Waals surface area contributed by atoms with Crippen LogP contribution in [0.15, 0.2) is 75.1 Å². The maximum atomic E-state index is 13.0. The van der Waals surface area contributed by atoms with Crippen molar-refractivity contribution in [2.24, 2.45) is 0 Å². The number of hydrogen-bond acceptors (Lipinski definition) is 8. The van der Waals surface area contributed by atoms with Crippen LogP contribution in [0.25, 0.3) is 22.9 Å². The number of benzene rings is 3. The van der Waals surface area contributed by atoms with Gasteiger partial charge in [-0.3, -0.25) is 19.9 Å². The van der Waals surface area contributed by atoms with E-state index >= 15 is 0 Å². The van der Waals surface area contributed by atoms with Gasteiger partial charge in [0, 0.05) is 5.39 Å². The van der Waals surface area contributed by atoms with E-state index in [0.29, 0.717) is 10.9 Å². The summed E-state index contributed by atoms with van der Waals surface area (Å²) in [6.45, 7) is 0. The van der Waals surface area contributed by atoms with Crippen molar-refractivity contribution in [3.63, 3.8) is 0 Å². The highest BCUT2D eigenvalue weighted by Gasteiger charge is 2.22. The molecule has 0 atom stereocenters. The molecule has 0 fully saturated rings. The van der Waals surface area contributed by atoms with Crippen molar-refractivity contribution in [1.82, 2.24) is 9.97 Å². The lowest BCUT2D eigenvalue weighted by Crippen LogP contribution is -2.25. The molecular formula is C23H17N3O8S. The third kappa shape index (κ3) is 4.82. The number of aromatic amines is 2. The van der Waals surface area contributed by atoms with E-state index in [2.05, 4.69) is 4.98 Å². The first kappa shape index (κ1) is 23.4. The molecule has 1 aromatic heterocycles. The number of methoxy groups -OCH3 is 1. The molecule has 178 valence electrons. The van der Waals surface area contributed by atoms with Crippen molar-refractivity contribution >= 4 is 38.7 Å². The minimum absolute atomic E-state index is 0.00723. The normalized spacial score (nSPS) is 11.6. The van der Waals surface area contributed by atoms with E-state index in [1.165, 1.54) is 43.5 Å². The van der Waals surface area contributed by atoms with Gasteiger partial charge in [-0.25, -0.2) is 4.79 Å². The number of nitrogens with one attached hydrogen (secondary N) is 2. The summed E-state index contributed by atoms with van der Waals surface area (Å²) in [5, 5.41) is 12.4. The quantitative estimate of drug-likeness (QED) is 0.225. The molecule has 0 spiro atoms. The fraction of sp³-hybridized carbons (Fsp3) is 0.0435. The number of nitro groups is 1. The van der Waals surface area contributed by atoms with Crippen LogP contribution in [0.4, 0.5) is 5.69 Å². The highest BCUT2D eigenvalue weighted by molar-refractivity contribution is 7.87. The second kappa shape index (κ2) is 9.27. The predicted octanol–water partition coefficient (Wildman–Crippen LogP) is 3.07. The zero-order valence-corrected chi connectivity index (χ0v) is 18.9. The minimum Gasteiger partial charge on any atom is -0.493 e. The molecule has 4 aromatic rings. The highest BCUT2D eigenvalue weighted by Crippen LogP contribution is 2.33. The van der Waals surface area contributed by atoms with Gasteiger partial charge in [0.15, 0.2) is 11.5 Å². The molecule has 0 aliphatic heterocycles. The summed E-state index contributed by atoms with van der Waals surface area (Å²) in [6.07, 6.45) is 2.56. The molecule has 0 saturated carbocycles. The van der Waals surface area contributed by atoms with E-state index in [4.69, 9.17) is 8.92 Å². The van der Waals surface area contributed by atoms with Crippen LogP contribution in [-0.4, -0.2) is 30.4 Å². The Morgan fingerprint density at radius 2 is 1.69 bits per heavy atom. The molecule has 0 aliphatic carbocycles. The Balaban J connectivity index is 1.68. The van der Waals surface area contributed by atoms with Crippen LogP contribution in [0.3, 0.4) is 0 Å². The first-order chi connectivity index (χ1) is 16.7. The molecule has 0 bridgehead atoms. The summed E-state index contributed by atoms with van der Waals surface area (Å²) in [5.74, 6) is -0.00186. The van der Waals surface area contributed by atoms with E-state index in [9.17, 15) is 28.1 Å². The molecule has 1 heterocycles. The molecule has 0 saturated heterocycles. The average Bonchev–Trinajstić information content (AvgIpc) is 2.82. The van der Waals surface area contributed by atoms with Crippen molar-refractivity contribution in [2.45, 2.75) is 4.90 Å². The van der Waals surface area contributed by atoms with Crippen molar-refractivity contribution in [3.05, 3.63) is 103 Å². The maximum Gasteiger partial charge on any atom is 0.357 e. The standard InChI is InChI=1S/C23H17N3O8S/c1-33-19-13-14(9-11-17-21(26(29)30)22(27)25-23(28)24-17)10-12-18(19)34-35(31,32)20-8-4-6-15-5-2-3-7-16(15)20/h2-13H,1H3,(H2,24,25,27,28). The number of H-pyrrole nitrogens is 2. The summed E-state index contributed by atoms with van der Waals surface area (Å²) in [4.78, 5) is 37.5. The topological polar surface area (TPSA) is 161 Å². The van der Waals surface area contributed by atoms with E-state index in [1.807, 2.05) is 0 Å². The number of nitrogens with zero attached hydrogens (tertiary/aromatic N) is 1. The van der Waals surface area contributed by atoms with Gasteiger partial charge in [-0.15, -0.1) is 0 Å². The molecule has 2 N–H and O–H groups in total. The van der Waals surface area contributed by atoms with E-state index in [0.717, 1.165) is 5.39 Å². The lowest BCUT2D eigenvalue weighted by atomic mass is 10.1. The lowest BCUT2D eigenvalue weighted by molar-refractivity contribution is -0.386. The van der Waals surface area contributed by atoms with Crippen molar-refractivity contribution in [3.8, 4) is 11.5 Å². The second-order valence-electron chi connectivity index (χ2n) is 7.19. The van der Waals surface area contributed by atoms with Crippen LogP contribution in [0.2, 0.25) is 0 Å². The zero-order chi connectivity index (χ0) is 25.2. The van der Waals surface area contributed by atoms with E-state index < -0.39 is 32.0 Å². The number of rotatable bonds is 7. The Bertz CT molecular complexity index is 1700. The Hall–Kier alpha value is -4.71. The van der Waals surface area contributed by atoms with E-state index in [1.54, 1.807) is 41.4 Å². The average molecular weight is 495 g/mol. The molecule has 12 heteroatoms. The molecule has 3 aromatic carbocycles. The minimum atomic E-state index is -4.22. The van der Waals surface area contributed by atoms with Crippen LogP contribution in [0.5, 0.6) is 11.5 Å². The SMILES string of the molecule is COc1cc(C=Cc2[nH]c(=O)[nH]c(=O)c2[N+](=O)[O-])ccc1OS(=O)(=O)c1cccc2ccccc12. The number of hydrogen-bond donors (Lipinski definition) is 2. The summed E-state index contributed by atoms with van der Waals surface area (Å²) >= 11 is 0. The number of ether oxygens (including phenoxy) is 1. The van der Waals surface area contributed by atoms with Gasteiger partial charge >= 0.3 is 27.1 Å². The molecule has 0 amide bonds.